The van der Waals surface area contributed by atoms with Crippen molar-refractivity contribution in [2.24, 2.45) is 23.7 Å². The number of carbonyl (C=O) groups excluding carboxylic acids is 2. The molecule has 0 saturated carbocycles. The molecule has 2 aromatic carbocycles. The molecule has 5 rings (SSSR count). The average Bonchev–Trinajstić information content (AvgIpc) is 3.50. The Hall–Kier alpha value is -4.62. The standard InChI is InChI=1S/C47H60FNO10/c1-6-28(4)47(57)59-42-24-35(52)21-31-12-11-29(5)38(46(31)42)19-17-33(50)22-36(53)25-44(56)58-37(26-43(54)55)23-34(51)18-20-41-45(30-13-15-32(48)16-14-30)39-9-7-8-10-40(39)49(41)27(2)3/h7-16,18,20-21,27-29,33-38,42,46,50-53H,6,17,19,22-26H2,1-5H3,(H,54,55)/t28-,29-,33+,34-,35+,36+,37-,38-,42-,46-/m0/s1. The number of para-hydroxylation sites is 1. The van der Waals surface area contributed by atoms with Gasteiger partial charge in [0.2, 0.25) is 0 Å². The van der Waals surface area contributed by atoms with E-state index in [1.165, 1.54) is 18.2 Å². The van der Waals surface area contributed by atoms with Crippen molar-refractivity contribution < 1.29 is 53.8 Å². The first-order chi connectivity index (χ1) is 28.1. The smallest absolute Gasteiger partial charge is 0.308 e. The van der Waals surface area contributed by atoms with Gasteiger partial charge < -0.3 is 39.6 Å². The molecular formula is C47H60FNO10. The van der Waals surface area contributed by atoms with Crippen molar-refractivity contribution in [3.05, 3.63) is 89.9 Å². The van der Waals surface area contributed by atoms with Gasteiger partial charge >= 0.3 is 17.9 Å². The zero-order valence-electron chi connectivity index (χ0n) is 34.6. The average molecular weight is 818 g/mol. The van der Waals surface area contributed by atoms with Crippen molar-refractivity contribution in [3.8, 4) is 11.1 Å². The predicted octanol–water partition coefficient (Wildman–Crippen LogP) is 7.55. The first kappa shape index (κ1) is 45.5. The fourth-order valence-corrected chi connectivity index (χ4v) is 8.59. The second-order valence-electron chi connectivity index (χ2n) is 16.6. The lowest BCUT2D eigenvalue weighted by Crippen LogP contribution is -2.43. The van der Waals surface area contributed by atoms with Crippen LogP contribution in [-0.4, -0.2) is 84.6 Å². The molecule has 0 aliphatic heterocycles. The molecule has 0 radical (unpaired) electrons. The molecule has 10 atom stereocenters. The number of esters is 2. The molecule has 1 aromatic heterocycles. The number of carbonyl (C=O) groups is 3. The number of fused-ring (bicyclic) bond motifs is 2. The lowest BCUT2D eigenvalue weighted by atomic mass is 9.66. The number of rotatable bonds is 19. The minimum atomic E-state index is -1.27. The Kier molecular flexibility index (Phi) is 15.9. The Morgan fingerprint density at radius 1 is 0.983 bits per heavy atom. The Balaban J connectivity index is 1.20. The van der Waals surface area contributed by atoms with Crippen LogP contribution in [0.2, 0.25) is 0 Å². The summed E-state index contributed by atoms with van der Waals surface area (Å²) in [5, 5.41) is 53.9. The molecule has 3 aromatic rings. The van der Waals surface area contributed by atoms with Gasteiger partial charge in [0.25, 0.3) is 0 Å². The summed E-state index contributed by atoms with van der Waals surface area (Å²) in [5.74, 6) is -3.11. The van der Waals surface area contributed by atoms with Crippen LogP contribution in [0.4, 0.5) is 4.39 Å². The van der Waals surface area contributed by atoms with Crippen LogP contribution in [0.15, 0.2) is 78.4 Å². The van der Waals surface area contributed by atoms with Crippen LogP contribution in [0.3, 0.4) is 0 Å². The number of aliphatic hydroxyl groups excluding tert-OH is 4. The molecule has 2 aliphatic rings. The van der Waals surface area contributed by atoms with Crippen molar-refractivity contribution in [2.75, 3.05) is 0 Å². The largest absolute Gasteiger partial charge is 0.481 e. The number of carboxylic acid groups (broad SMARTS) is 1. The third kappa shape index (κ3) is 11.8. The highest BCUT2D eigenvalue weighted by atomic mass is 19.1. The van der Waals surface area contributed by atoms with Crippen LogP contribution in [0, 0.1) is 29.5 Å². The Labute approximate surface area is 345 Å². The van der Waals surface area contributed by atoms with E-state index in [9.17, 15) is 44.3 Å². The van der Waals surface area contributed by atoms with Gasteiger partial charge in [-0.15, -0.1) is 0 Å². The third-order valence-corrected chi connectivity index (χ3v) is 11.7. The van der Waals surface area contributed by atoms with Gasteiger partial charge in [0.05, 0.1) is 43.2 Å². The van der Waals surface area contributed by atoms with Gasteiger partial charge in [-0.25, -0.2) is 4.39 Å². The van der Waals surface area contributed by atoms with Crippen LogP contribution in [0.5, 0.6) is 0 Å². The van der Waals surface area contributed by atoms with Gasteiger partial charge in [-0.3, -0.25) is 14.4 Å². The van der Waals surface area contributed by atoms with Crippen molar-refractivity contribution in [2.45, 2.75) is 129 Å². The van der Waals surface area contributed by atoms with E-state index in [0.717, 1.165) is 33.3 Å². The highest BCUT2D eigenvalue weighted by Gasteiger charge is 2.42. The van der Waals surface area contributed by atoms with Gasteiger partial charge in [-0.2, -0.15) is 0 Å². The van der Waals surface area contributed by atoms with Crippen molar-refractivity contribution in [3.63, 3.8) is 0 Å². The Bertz CT molecular complexity index is 2000. The minimum absolute atomic E-state index is 0.00859. The molecule has 0 spiro atoms. The van der Waals surface area contributed by atoms with Crippen molar-refractivity contribution >= 4 is 34.9 Å². The molecule has 11 nitrogen and oxygen atoms in total. The lowest BCUT2D eigenvalue weighted by Gasteiger charge is -2.43. The molecule has 0 bridgehead atoms. The van der Waals surface area contributed by atoms with Gasteiger partial charge in [-0.1, -0.05) is 75.4 Å². The lowest BCUT2D eigenvalue weighted by molar-refractivity contribution is -0.160. The summed E-state index contributed by atoms with van der Waals surface area (Å²) >= 11 is 0. The second-order valence-corrected chi connectivity index (χ2v) is 16.6. The highest BCUT2D eigenvalue weighted by Crippen LogP contribution is 2.44. The van der Waals surface area contributed by atoms with Gasteiger partial charge in [0.1, 0.15) is 18.0 Å². The number of aliphatic carboxylic acids is 1. The summed E-state index contributed by atoms with van der Waals surface area (Å²) < 4.78 is 27.4. The van der Waals surface area contributed by atoms with Crippen molar-refractivity contribution in [1.29, 1.82) is 0 Å². The van der Waals surface area contributed by atoms with Gasteiger partial charge in [0, 0.05) is 47.0 Å². The maximum Gasteiger partial charge on any atom is 0.308 e. The van der Waals surface area contributed by atoms with Gasteiger partial charge in [-0.05, 0) is 86.8 Å². The number of allylic oxidation sites excluding steroid dienone is 2. The monoisotopic (exact) mass is 817 g/mol. The summed E-state index contributed by atoms with van der Waals surface area (Å²) in [6, 6.07) is 14.0. The van der Waals surface area contributed by atoms with E-state index in [2.05, 4.69) is 11.5 Å². The molecule has 320 valence electrons. The number of carboxylic acids is 1. The minimum Gasteiger partial charge on any atom is -0.481 e. The van der Waals surface area contributed by atoms with E-state index in [4.69, 9.17) is 9.47 Å². The van der Waals surface area contributed by atoms with Gasteiger partial charge in [0.15, 0.2) is 0 Å². The first-order valence-corrected chi connectivity index (χ1v) is 20.9. The molecule has 0 fully saturated rings. The molecule has 0 unspecified atom stereocenters. The summed E-state index contributed by atoms with van der Waals surface area (Å²) in [6.07, 6.45) is 3.51. The maximum atomic E-state index is 13.9. The quantitative estimate of drug-likeness (QED) is 0.0760. The summed E-state index contributed by atoms with van der Waals surface area (Å²) in [7, 11) is 0. The van der Waals surface area contributed by atoms with E-state index in [-0.39, 0.29) is 60.8 Å². The normalized spacial score (nSPS) is 23.0. The number of aromatic nitrogens is 1. The first-order valence-electron chi connectivity index (χ1n) is 20.9. The number of hydrogen-bond acceptors (Lipinski definition) is 9. The molecule has 2 aliphatic carbocycles. The molecule has 0 amide bonds. The number of nitrogens with zero attached hydrogens (tertiary/aromatic N) is 1. The molecule has 0 saturated heterocycles. The number of benzene rings is 2. The number of hydrogen-bond donors (Lipinski definition) is 5. The van der Waals surface area contributed by atoms with Crippen LogP contribution in [-0.2, 0) is 23.9 Å². The highest BCUT2D eigenvalue weighted by molar-refractivity contribution is 6.01. The summed E-state index contributed by atoms with van der Waals surface area (Å²) in [6.45, 7) is 9.84. The summed E-state index contributed by atoms with van der Waals surface area (Å²) in [5.41, 5.74) is 4.23. The zero-order chi connectivity index (χ0) is 43.0. The topological polar surface area (TPSA) is 176 Å². The Morgan fingerprint density at radius 2 is 1.69 bits per heavy atom. The molecule has 12 heteroatoms. The molecule has 1 heterocycles. The number of aliphatic hydroxyl groups is 4. The SMILES string of the molecule is CC[C@H](C)C(=O)O[C@H]1C[C@H](O)C=C2C=C[C@H](C)[C@H](CC[C@@H](O)C[C@@H](O)CC(=O)O[C@H](CC(=O)O)C[C@@H](O)C=Cc3c(-c4ccc(F)cc4)c4ccccc4n3C(C)C)[C@H]21. The molecular weight excluding hydrogens is 758 g/mol. The van der Waals surface area contributed by atoms with Crippen LogP contribution >= 0.6 is 0 Å². The fraction of sp³-hybridized carbons (Fsp3) is 0.511. The Morgan fingerprint density at radius 3 is 2.37 bits per heavy atom. The maximum absolute atomic E-state index is 13.9. The van der Waals surface area contributed by atoms with Crippen LogP contribution in [0.1, 0.15) is 97.7 Å². The number of halogens is 1. The van der Waals surface area contributed by atoms with E-state index in [1.807, 2.05) is 64.1 Å². The van der Waals surface area contributed by atoms with E-state index in [0.29, 0.717) is 19.3 Å². The predicted molar refractivity (Wildman–Crippen MR) is 223 cm³/mol. The number of ether oxygens (including phenoxy) is 2. The zero-order valence-corrected chi connectivity index (χ0v) is 34.6. The molecule has 59 heavy (non-hydrogen) atoms. The van der Waals surface area contributed by atoms with Crippen molar-refractivity contribution in [1.82, 2.24) is 4.57 Å². The third-order valence-electron chi connectivity index (χ3n) is 11.7. The van der Waals surface area contributed by atoms with E-state index >= 15 is 0 Å². The van der Waals surface area contributed by atoms with Crippen LogP contribution < -0.4 is 0 Å². The fourth-order valence-electron chi connectivity index (χ4n) is 8.59. The summed E-state index contributed by atoms with van der Waals surface area (Å²) in [4.78, 5) is 37.5. The molecule has 5 N–H and O–H groups in total. The van der Waals surface area contributed by atoms with Crippen LogP contribution in [0.25, 0.3) is 28.1 Å². The van der Waals surface area contributed by atoms with E-state index < -0.39 is 61.4 Å². The van der Waals surface area contributed by atoms with E-state index in [1.54, 1.807) is 24.3 Å². The second kappa shape index (κ2) is 20.6.